The first-order chi connectivity index (χ1) is 16.9. The minimum atomic E-state index is -3.90. The first kappa shape index (κ1) is 23.2. The van der Waals surface area contributed by atoms with Gasteiger partial charge in [0.15, 0.2) is 5.78 Å². The third-order valence-electron chi connectivity index (χ3n) is 6.68. The Balaban J connectivity index is 1.74. The Morgan fingerprint density at radius 1 is 0.829 bits per heavy atom. The van der Waals surface area contributed by atoms with Crippen LogP contribution in [0.3, 0.4) is 0 Å². The van der Waals surface area contributed by atoms with E-state index in [-0.39, 0.29) is 10.7 Å². The molecule has 4 aromatic carbocycles. The van der Waals surface area contributed by atoms with Crippen LogP contribution in [0.1, 0.15) is 40.9 Å². The maximum atomic E-state index is 14.1. The third kappa shape index (κ3) is 4.11. The summed E-state index contributed by atoms with van der Waals surface area (Å²) in [5.41, 5.74) is 2.84. The molecule has 0 radical (unpaired) electrons. The second-order valence-electron chi connectivity index (χ2n) is 8.91. The molecule has 1 heterocycles. The largest absolute Gasteiger partial charge is 0.289 e. The standard InChI is InChI=1S/C30H27NO3S/c1-3-24-20-28(30(32)23-11-5-4-6-12-23)29(27-15-9-13-22-10-7-8-14-26(22)27)31(24)35(33,34)25-18-16-21(2)17-19-25/h4-20,24,29H,3H2,1-2H3/t24-,29+/m1/s1. The monoisotopic (exact) mass is 481 g/mol. The highest BCUT2D eigenvalue weighted by Crippen LogP contribution is 2.45. The van der Waals surface area contributed by atoms with Crippen LogP contribution < -0.4 is 0 Å². The van der Waals surface area contributed by atoms with Crippen LogP contribution in [0.4, 0.5) is 0 Å². The van der Waals surface area contributed by atoms with Crippen molar-refractivity contribution < 1.29 is 13.2 Å². The van der Waals surface area contributed by atoms with Crippen molar-refractivity contribution in [2.75, 3.05) is 0 Å². The summed E-state index contributed by atoms with van der Waals surface area (Å²) in [5.74, 6) is -0.149. The highest BCUT2D eigenvalue weighted by atomic mass is 32.2. The third-order valence-corrected chi connectivity index (χ3v) is 8.58. The highest BCUT2D eigenvalue weighted by molar-refractivity contribution is 7.89. The number of ketones is 1. The van der Waals surface area contributed by atoms with Crippen LogP contribution in [0.2, 0.25) is 0 Å². The summed E-state index contributed by atoms with van der Waals surface area (Å²) in [6.07, 6.45) is 2.41. The first-order valence-corrected chi connectivity index (χ1v) is 13.2. The van der Waals surface area contributed by atoms with Crippen LogP contribution >= 0.6 is 0 Å². The van der Waals surface area contributed by atoms with Crippen molar-refractivity contribution in [3.05, 3.63) is 125 Å². The van der Waals surface area contributed by atoms with Gasteiger partial charge in [-0.05, 0) is 41.8 Å². The van der Waals surface area contributed by atoms with Crippen molar-refractivity contribution in [2.45, 2.75) is 37.2 Å². The predicted octanol–water partition coefficient (Wildman–Crippen LogP) is 6.48. The van der Waals surface area contributed by atoms with Gasteiger partial charge in [-0.15, -0.1) is 0 Å². The Kier molecular flexibility index (Phi) is 6.13. The van der Waals surface area contributed by atoms with Crippen molar-refractivity contribution in [3.63, 3.8) is 0 Å². The molecular formula is C30H27NO3S. The van der Waals surface area contributed by atoms with E-state index in [2.05, 4.69) is 0 Å². The number of hydrogen-bond donors (Lipinski definition) is 0. The lowest BCUT2D eigenvalue weighted by Gasteiger charge is -2.31. The number of aryl methyl sites for hydroxylation is 1. The molecule has 0 amide bonds. The number of fused-ring (bicyclic) bond motifs is 1. The van der Waals surface area contributed by atoms with Crippen molar-refractivity contribution in [1.82, 2.24) is 4.31 Å². The molecule has 0 N–H and O–H groups in total. The molecule has 4 aromatic rings. The average Bonchev–Trinajstić information content (AvgIpc) is 3.29. The molecule has 1 aliphatic rings. The van der Waals surface area contributed by atoms with Crippen LogP contribution in [0, 0.1) is 6.92 Å². The summed E-state index contributed by atoms with van der Waals surface area (Å²) >= 11 is 0. The van der Waals surface area contributed by atoms with E-state index < -0.39 is 22.1 Å². The fourth-order valence-corrected chi connectivity index (χ4v) is 6.69. The summed E-state index contributed by atoms with van der Waals surface area (Å²) in [4.78, 5) is 14.0. The number of carbonyl (C=O) groups is 1. The van der Waals surface area contributed by atoms with Gasteiger partial charge in [-0.3, -0.25) is 4.79 Å². The molecule has 35 heavy (non-hydrogen) atoms. The smallest absolute Gasteiger partial charge is 0.244 e. The lowest BCUT2D eigenvalue weighted by atomic mass is 9.91. The van der Waals surface area contributed by atoms with E-state index in [1.807, 2.05) is 80.6 Å². The Labute approximate surface area is 206 Å². The van der Waals surface area contributed by atoms with E-state index in [1.165, 1.54) is 4.31 Å². The van der Waals surface area contributed by atoms with Gasteiger partial charge in [0.05, 0.1) is 10.9 Å². The Morgan fingerprint density at radius 3 is 2.20 bits per heavy atom. The summed E-state index contributed by atoms with van der Waals surface area (Å²) in [6, 6.07) is 28.6. The molecule has 1 aliphatic heterocycles. The number of benzene rings is 4. The molecule has 5 heteroatoms. The van der Waals surface area contributed by atoms with Crippen LogP contribution in [0.25, 0.3) is 10.8 Å². The van der Waals surface area contributed by atoms with Crippen LogP contribution in [-0.4, -0.2) is 24.5 Å². The van der Waals surface area contributed by atoms with Gasteiger partial charge in [-0.1, -0.05) is 103 Å². The van der Waals surface area contributed by atoms with Crippen LogP contribution in [-0.2, 0) is 10.0 Å². The summed E-state index contributed by atoms with van der Waals surface area (Å²) in [5, 5.41) is 1.94. The number of sulfonamides is 1. The van der Waals surface area contributed by atoms with Crippen LogP contribution in [0.15, 0.2) is 114 Å². The molecule has 0 fully saturated rings. The van der Waals surface area contributed by atoms with E-state index in [9.17, 15) is 13.2 Å². The number of nitrogens with zero attached hydrogens (tertiary/aromatic N) is 1. The van der Waals surface area contributed by atoms with Gasteiger partial charge in [0.25, 0.3) is 0 Å². The quantitative estimate of drug-likeness (QED) is 0.296. The molecular weight excluding hydrogens is 454 g/mol. The van der Waals surface area contributed by atoms with Gasteiger partial charge in [-0.25, -0.2) is 8.42 Å². The molecule has 0 spiro atoms. The number of rotatable bonds is 6. The van der Waals surface area contributed by atoms with Crippen LogP contribution in [0.5, 0.6) is 0 Å². The fourth-order valence-electron chi connectivity index (χ4n) is 4.90. The molecule has 0 saturated carbocycles. The normalized spacial score (nSPS) is 18.5. The van der Waals surface area contributed by atoms with Crippen molar-refractivity contribution >= 4 is 26.6 Å². The zero-order valence-electron chi connectivity index (χ0n) is 19.8. The molecule has 0 unspecified atom stereocenters. The Hall–Kier alpha value is -3.54. The molecule has 0 bridgehead atoms. The molecule has 4 nitrogen and oxygen atoms in total. The van der Waals surface area contributed by atoms with E-state index in [1.54, 1.807) is 36.4 Å². The summed E-state index contributed by atoms with van der Waals surface area (Å²) in [7, 11) is -3.90. The van der Waals surface area contributed by atoms with Crippen molar-refractivity contribution in [1.29, 1.82) is 0 Å². The SMILES string of the molecule is CC[C@@H]1C=C(C(=O)c2ccccc2)[C@H](c2cccc3ccccc23)N1S(=O)(=O)c1ccc(C)cc1. The zero-order valence-corrected chi connectivity index (χ0v) is 20.6. The number of Topliss-reactive ketones (excluding diaryl/α,β-unsaturated/α-hetero) is 1. The van der Waals surface area contributed by atoms with E-state index >= 15 is 0 Å². The maximum absolute atomic E-state index is 14.1. The van der Waals surface area contributed by atoms with E-state index in [0.717, 1.165) is 21.9 Å². The van der Waals surface area contributed by atoms with E-state index in [0.29, 0.717) is 17.6 Å². The van der Waals surface area contributed by atoms with Gasteiger partial charge < -0.3 is 0 Å². The maximum Gasteiger partial charge on any atom is 0.244 e. The average molecular weight is 482 g/mol. The zero-order chi connectivity index (χ0) is 24.6. The molecule has 0 aromatic heterocycles. The van der Waals surface area contributed by atoms with Gasteiger partial charge in [-0.2, -0.15) is 4.31 Å². The van der Waals surface area contributed by atoms with E-state index in [4.69, 9.17) is 0 Å². The number of carbonyl (C=O) groups excluding carboxylic acids is 1. The van der Waals surface area contributed by atoms with Gasteiger partial charge in [0.2, 0.25) is 10.0 Å². The second kappa shape index (κ2) is 9.25. The molecule has 2 atom stereocenters. The molecule has 176 valence electrons. The molecule has 5 rings (SSSR count). The predicted molar refractivity (Wildman–Crippen MR) is 140 cm³/mol. The minimum Gasteiger partial charge on any atom is -0.289 e. The fraction of sp³-hybridized carbons (Fsp3) is 0.167. The lowest BCUT2D eigenvalue weighted by molar-refractivity contribution is 0.102. The minimum absolute atomic E-state index is 0.149. The Morgan fingerprint density at radius 2 is 1.49 bits per heavy atom. The number of hydrogen-bond acceptors (Lipinski definition) is 3. The lowest BCUT2D eigenvalue weighted by Crippen LogP contribution is -2.38. The summed E-state index contributed by atoms with van der Waals surface area (Å²) < 4.78 is 29.8. The van der Waals surface area contributed by atoms with Gasteiger partial charge >= 0.3 is 0 Å². The summed E-state index contributed by atoms with van der Waals surface area (Å²) in [6.45, 7) is 3.88. The molecule has 0 aliphatic carbocycles. The molecule has 0 saturated heterocycles. The van der Waals surface area contributed by atoms with Crippen molar-refractivity contribution in [2.24, 2.45) is 0 Å². The second-order valence-corrected chi connectivity index (χ2v) is 10.8. The highest BCUT2D eigenvalue weighted by Gasteiger charge is 2.45. The first-order valence-electron chi connectivity index (χ1n) is 11.8. The topological polar surface area (TPSA) is 54.5 Å². The van der Waals surface area contributed by atoms with Gasteiger partial charge in [0.1, 0.15) is 0 Å². The van der Waals surface area contributed by atoms with Crippen molar-refractivity contribution in [3.8, 4) is 0 Å². The Bertz CT molecular complexity index is 1520. The van der Waals surface area contributed by atoms with Gasteiger partial charge in [0, 0.05) is 17.2 Å².